The van der Waals surface area contributed by atoms with Crippen LogP contribution in [0.3, 0.4) is 0 Å². The first kappa shape index (κ1) is 19.6. The van der Waals surface area contributed by atoms with Crippen molar-refractivity contribution < 1.29 is 9.26 Å². The zero-order chi connectivity index (χ0) is 21.3. The van der Waals surface area contributed by atoms with Gasteiger partial charge in [-0.25, -0.2) is 4.68 Å². The highest BCUT2D eigenvalue weighted by Crippen LogP contribution is 2.23. The highest BCUT2D eigenvalue weighted by molar-refractivity contribution is 5.58. The number of benzene rings is 2. The van der Waals surface area contributed by atoms with E-state index in [9.17, 15) is 4.79 Å². The SMILES string of the molecule is Cc1cc(C)cc(-n2ccc(=O)c(-c3nc(-c4ccc(OC(C)C)cc4)no3)n2)c1. The fraction of sp³-hybridized carbons (Fsp3) is 0.217. The van der Waals surface area contributed by atoms with Crippen LogP contribution < -0.4 is 10.2 Å². The van der Waals surface area contributed by atoms with Crippen LogP contribution in [0.5, 0.6) is 5.75 Å². The maximum absolute atomic E-state index is 12.4. The molecule has 152 valence electrons. The van der Waals surface area contributed by atoms with Gasteiger partial charge >= 0.3 is 0 Å². The summed E-state index contributed by atoms with van der Waals surface area (Å²) in [6, 6.07) is 14.9. The topological polar surface area (TPSA) is 83.0 Å². The number of aromatic nitrogens is 4. The minimum atomic E-state index is -0.286. The fourth-order valence-corrected chi connectivity index (χ4v) is 3.17. The maximum atomic E-state index is 12.4. The van der Waals surface area contributed by atoms with Crippen LogP contribution in [0.4, 0.5) is 0 Å². The van der Waals surface area contributed by atoms with Crippen LogP contribution in [0.25, 0.3) is 28.7 Å². The number of aryl methyl sites for hydroxylation is 2. The maximum Gasteiger partial charge on any atom is 0.282 e. The van der Waals surface area contributed by atoms with Gasteiger partial charge in [0.25, 0.3) is 5.89 Å². The van der Waals surface area contributed by atoms with Gasteiger partial charge in [-0.2, -0.15) is 10.1 Å². The molecule has 7 nitrogen and oxygen atoms in total. The molecule has 0 atom stereocenters. The molecule has 4 rings (SSSR count). The van der Waals surface area contributed by atoms with E-state index in [2.05, 4.69) is 21.3 Å². The number of ether oxygens (including phenoxy) is 1. The van der Waals surface area contributed by atoms with Crippen LogP contribution >= 0.6 is 0 Å². The van der Waals surface area contributed by atoms with E-state index in [1.807, 2.05) is 64.1 Å². The number of nitrogens with zero attached hydrogens (tertiary/aromatic N) is 4. The summed E-state index contributed by atoms with van der Waals surface area (Å²) < 4.78 is 12.6. The third-order valence-corrected chi connectivity index (χ3v) is 4.39. The van der Waals surface area contributed by atoms with Crippen molar-refractivity contribution in [2.24, 2.45) is 0 Å². The highest BCUT2D eigenvalue weighted by atomic mass is 16.5. The molecule has 0 unspecified atom stereocenters. The molecule has 0 radical (unpaired) electrons. The summed E-state index contributed by atoms with van der Waals surface area (Å²) in [7, 11) is 0. The first-order chi connectivity index (χ1) is 14.4. The van der Waals surface area contributed by atoms with Crippen molar-refractivity contribution in [1.29, 1.82) is 0 Å². The second kappa shape index (κ2) is 7.94. The van der Waals surface area contributed by atoms with E-state index in [0.717, 1.165) is 28.1 Å². The number of hydrogen-bond donors (Lipinski definition) is 0. The monoisotopic (exact) mass is 402 g/mol. The molecule has 2 heterocycles. The van der Waals surface area contributed by atoms with Gasteiger partial charge in [-0.15, -0.1) is 0 Å². The Morgan fingerprint density at radius 1 is 1.00 bits per heavy atom. The Kier molecular flexibility index (Phi) is 5.18. The summed E-state index contributed by atoms with van der Waals surface area (Å²) in [4.78, 5) is 16.8. The molecule has 0 amide bonds. The van der Waals surface area contributed by atoms with E-state index in [-0.39, 0.29) is 23.1 Å². The molecule has 0 aliphatic carbocycles. The van der Waals surface area contributed by atoms with Gasteiger partial charge in [0.2, 0.25) is 11.3 Å². The Hall–Kier alpha value is -3.74. The van der Waals surface area contributed by atoms with Gasteiger partial charge < -0.3 is 9.26 Å². The van der Waals surface area contributed by atoms with Gasteiger partial charge in [0.1, 0.15) is 5.75 Å². The van der Waals surface area contributed by atoms with Crippen molar-refractivity contribution >= 4 is 0 Å². The zero-order valence-electron chi connectivity index (χ0n) is 17.3. The molecule has 0 aliphatic rings. The standard InChI is InChI=1S/C23H22N4O3/c1-14(2)29-19-7-5-17(6-8-19)22-24-23(30-26-22)21-20(28)9-10-27(25-21)18-12-15(3)11-16(4)13-18/h5-14H,1-4H3. The molecular formula is C23H22N4O3. The lowest BCUT2D eigenvalue weighted by Crippen LogP contribution is -2.13. The van der Waals surface area contributed by atoms with E-state index in [4.69, 9.17) is 9.26 Å². The first-order valence-electron chi connectivity index (χ1n) is 9.69. The van der Waals surface area contributed by atoms with Crippen LogP contribution in [0.1, 0.15) is 25.0 Å². The first-order valence-corrected chi connectivity index (χ1v) is 9.69. The normalized spacial score (nSPS) is 11.1. The summed E-state index contributed by atoms with van der Waals surface area (Å²) in [5, 5.41) is 8.45. The van der Waals surface area contributed by atoms with E-state index in [0.29, 0.717) is 5.82 Å². The minimum Gasteiger partial charge on any atom is -0.491 e. The van der Waals surface area contributed by atoms with E-state index < -0.39 is 0 Å². The summed E-state index contributed by atoms with van der Waals surface area (Å²) >= 11 is 0. The Morgan fingerprint density at radius 3 is 2.37 bits per heavy atom. The predicted molar refractivity (Wildman–Crippen MR) is 114 cm³/mol. The smallest absolute Gasteiger partial charge is 0.282 e. The summed E-state index contributed by atoms with van der Waals surface area (Å²) in [5.74, 6) is 1.22. The molecule has 0 fully saturated rings. The summed E-state index contributed by atoms with van der Waals surface area (Å²) in [6.45, 7) is 7.97. The summed E-state index contributed by atoms with van der Waals surface area (Å²) in [5.41, 5.74) is 3.65. The molecule has 2 aromatic carbocycles. The van der Waals surface area contributed by atoms with Gasteiger partial charge in [0.05, 0.1) is 11.8 Å². The van der Waals surface area contributed by atoms with Crippen LogP contribution in [0.2, 0.25) is 0 Å². The average molecular weight is 402 g/mol. The third-order valence-electron chi connectivity index (χ3n) is 4.39. The lowest BCUT2D eigenvalue weighted by molar-refractivity contribution is 0.242. The molecule has 0 bridgehead atoms. The van der Waals surface area contributed by atoms with Crippen LogP contribution in [-0.2, 0) is 0 Å². The van der Waals surface area contributed by atoms with E-state index in [1.165, 1.54) is 6.07 Å². The molecule has 30 heavy (non-hydrogen) atoms. The zero-order valence-corrected chi connectivity index (χ0v) is 17.3. The van der Waals surface area contributed by atoms with Crippen LogP contribution in [0, 0.1) is 13.8 Å². The van der Waals surface area contributed by atoms with Gasteiger partial charge in [-0.05, 0) is 75.2 Å². The predicted octanol–water partition coefficient (Wildman–Crippen LogP) is 4.35. The Morgan fingerprint density at radius 2 is 1.70 bits per heavy atom. The van der Waals surface area contributed by atoms with Gasteiger partial charge in [0.15, 0.2) is 5.69 Å². The molecule has 0 saturated heterocycles. The molecular weight excluding hydrogens is 380 g/mol. The number of rotatable bonds is 5. The second-order valence-corrected chi connectivity index (χ2v) is 7.43. The molecule has 7 heteroatoms. The molecule has 4 aromatic rings. The Balaban J connectivity index is 1.67. The lowest BCUT2D eigenvalue weighted by Gasteiger charge is -2.09. The van der Waals surface area contributed by atoms with Crippen molar-refractivity contribution in [3.63, 3.8) is 0 Å². The molecule has 0 saturated carbocycles. The van der Waals surface area contributed by atoms with Crippen LogP contribution in [0.15, 0.2) is 64.0 Å². The van der Waals surface area contributed by atoms with Gasteiger partial charge in [-0.3, -0.25) is 4.79 Å². The quantitative estimate of drug-likeness (QED) is 0.493. The summed E-state index contributed by atoms with van der Waals surface area (Å²) in [6.07, 6.45) is 1.72. The minimum absolute atomic E-state index is 0.0798. The van der Waals surface area contributed by atoms with E-state index in [1.54, 1.807) is 10.9 Å². The highest BCUT2D eigenvalue weighted by Gasteiger charge is 2.16. The molecule has 0 aliphatic heterocycles. The average Bonchev–Trinajstić information content (AvgIpc) is 3.17. The third kappa shape index (κ3) is 4.15. The Labute approximate surface area is 174 Å². The fourth-order valence-electron chi connectivity index (χ4n) is 3.17. The van der Waals surface area contributed by atoms with Gasteiger partial charge in [-0.1, -0.05) is 11.2 Å². The lowest BCUT2D eigenvalue weighted by atomic mass is 10.1. The Bertz CT molecular complexity index is 1220. The van der Waals surface area contributed by atoms with Crippen molar-refractivity contribution in [3.05, 3.63) is 76.1 Å². The second-order valence-electron chi connectivity index (χ2n) is 7.43. The van der Waals surface area contributed by atoms with Crippen molar-refractivity contribution in [2.75, 3.05) is 0 Å². The molecule has 2 aromatic heterocycles. The van der Waals surface area contributed by atoms with Gasteiger partial charge in [0, 0.05) is 17.8 Å². The van der Waals surface area contributed by atoms with Crippen molar-refractivity contribution in [2.45, 2.75) is 33.8 Å². The molecule has 0 N–H and O–H groups in total. The van der Waals surface area contributed by atoms with Crippen molar-refractivity contribution in [1.82, 2.24) is 19.9 Å². The van der Waals surface area contributed by atoms with E-state index >= 15 is 0 Å². The van der Waals surface area contributed by atoms with Crippen molar-refractivity contribution in [3.8, 4) is 34.4 Å². The number of hydrogen-bond acceptors (Lipinski definition) is 6. The van der Waals surface area contributed by atoms with Crippen LogP contribution in [-0.4, -0.2) is 26.0 Å². The largest absolute Gasteiger partial charge is 0.491 e. The molecule has 0 spiro atoms.